The summed E-state index contributed by atoms with van der Waals surface area (Å²) < 4.78 is 0. The second-order valence-electron chi connectivity index (χ2n) is 2.61. The van der Waals surface area contributed by atoms with Gasteiger partial charge >= 0.3 is 0 Å². The second-order valence-corrected chi connectivity index (χ2v) is 2.61. The van der Waals surface area contributed by atoms with E-state index in [-0.39, 0.29) is 0 Å². The first-order valence-corrected chi connectivity index (χ1v) is 4.26. The maximum absolute atomic E-state index is 4.03. The molecule has 2 rings (SSSR count). The van der Waals surface area contributed by atoms with E-state index in [2.05, 4.69) is 26.9 Å². The third-order valence-electron chi connectivity index (χ3n) is 1.54. The van der Waals surface area contributed by atoms with Crippen LogP contribution in [0.3, 0.4) is 0 Å². The largest absolute Gasteiger partial charge is 0.351 e. The van der Waals surface area contributed by atoms with Gasteiger partial charge in [0, 0.05) is 24.3 Å². The van der Waals surface area contributed by atoms with Gasteiger partial charge < -0.3 is 9.97 Å². The molecule has 0 saturated heterocycles. The normalized spacial score (nSPS) is 9.08. The van der Waals surface area contributed by atoms with Gasteiger partial charge in [-0.05, 0) is 13.3 Å². The second kappa shape index (κ2) is 5.13. The summed E-state index contributed by atoms with van der Waals surface area (Å²) in [7, 11) is 0. The van der Waals surface area contributed by atoms with Crippen LogP contribution >= 0.6 is 0 Å². The summed E-state index contributed by atoms with van der Waals surface area (Å²) in [5, 5.41) is 0. The molecule has 2 heterocycles. The van der Waals surface area contributed by atoms with E-state index in [0.717, 1.165) is 12.2 Å². The van der Waals surface area contributed by atoms with Crippen molar-refractivity contribution in [3.8, 4) is 0 Å². The topological polar surface area (TPSA) is 57.4 Å². The Balaban J connectivity index is 0.000000145. The van der Waals surface area contributed by atoms with Gasteiger partial charge in [-0.1, -0.05) is 6.92 Å². The van der Waals surface area contributed by atoms with Crippen LogP contribution in [0.5, 0.6) is 0 Å². The number of H-pyrrole nitrogens is 2. The van der Waals surface area contributed by atoms with Gasteiger partial charge in [-0.3, -0.25) is 0 Å². The van der Waals surface area contributed by atoms with Crippen LogP contribution in [0, 0.1) is 6.92 Å². The quantitative estimate of drug-likeness (QED) is 0.698. The Kier molecular flexibility index (Phi) is 3.75. The highest BCUT2D eigenvalue weighted by atomic mass is 14.9. The van der Waals surface area contributed by atoms with Gasteiger partial charge in [-0.15, -0.1) is 0 Å². The summed E-state index contributed by atoms with van der Waals surface area (Å²) in [6.45, 7) is 4.06. The molecule has 0 aliphatic carbocycles. The number of hydrogen-bond donors (Lipinski definition) is 2. The first-order chi connectivity index (χ1) is 6.33. The van der Waals surface area contributed by atoms with E-state index in [9.17, 15) is 0 Å². The molecule has 0 fully saturated rings. The van der Waals surface area contributed by atoms with Gasteiger partial charge in [0.1, 0.15) is 5.82 Å². The number of aromatic nitrogens is 4. The van der Waals surface area contributed by atoms with Crippen molar-refractivity contribution in [1.29, 1.82) is 0 Å². The zero-order valence-corrected chi connectivity index (χ0v) is 7.91. The molecule has 0 bridgehead atoms. The molecule has 0 unspecified atom stereocenters. The summed E-state index contributed by atoms with van der Waals surface area (Å²) in [5.74, 6) is 1.00. The highest BCUT2D eigenvalue weighted by Crippen LogP contribution is 1.94. The van der Waals surface area contributed by atoms with Gasteiger partial charge in [0.15, 0.2) is 0 Å². The number of nitrogens with one attached hydrogen (secondary N) is 2. The monoisotopic (exact) mass is 178 g/mol. The summed E-state index contributed by atoms with van der Waals surface area (Å²) in [6, 6.07) is 0. The molecular weight excluding hydrogens is 164 g/mol. The fourth-order valence-corrected chi connectivity index (χ4v) is 0.866. The molecule has 0 aliphatic heterocycles. The van der Waals surface area contributed by atoms with Crippen molar-refractivity contribution in [1.82, 2.24) is 19.9 Å². The third kappa shape index (κ3) is 3.55. The number of aryl methyl sites for hydroxylation is 2. The lowest BCUT2D eigenvalue weighted by atomic mass is 10.4. The molecule has 4 heteroatoms. The lowest BCUT2D eigenvalue weighted by Crippen LogP contribution is -1.76. The van der Waals surface area contributed by atoms with Crippen molar-refractivity contribution < 1.29 is 0 Å². The Labute approximate surface area is 77.4 Å². The first kappa shape index (κ1) is 9.51. The number of nitrogens with zero attached hydrogens (tertiary/aromatic N) is 2. The Morgan fingerprint density at radius 1 is 1.46 bits per heavy atom. The molecule has 0 aliphatic rings. The number of rotatable bonds is 1. The number of imidazole rings is 2. The van der Waals surface area contributed by atoms with E-state index in [4.69, 9.17) is 0 Å². The van der Waals surface area contributed by atoms with E-state index >= 15 is 0 Å². The van der Waals surface area contributed by atoms with Crippen molar-refractivity contribution in [3.05, 3.63) is 36.4 Å². The predicted molar refractivity (Wildman–Crippen MR) is 51.3 cm³/mol. The molecule has 13 heavy (non-hydrogen) atoms. The highest BCUT2D eigenvalue weighted by Gasteiger charge is 1.89. The van der Waals surface area contributed by atoms with Crippen molar-refractivity contribution in [2.75, 3.05) is 0 Å². The Hall–Kier alpha value is -1.58. The summed E-state index contributed by atoms with van der Waals surface area (Å²) in [6.07, 6.45) is 8.00. The van der Waals surface area contributed by atoms with Gasteiger partial charge in [0.25, 0.3) is 0 Å². The van der Waals surface area contributed by atoms with Gasteiger partial charge in [-0.2, -0.15) is 0 Å². The third-order valence-corrected chi connectivity index (χ3v) is 1.54. The molecule has 0 aromatic carbocycles. The van der Waals surface area contributed by atoms with Crippen molar-refractivity contribution in [2.45, 2.75) is 20.3 Å². The minimum absolute atomic E-state index is 1.00. The fourth-order valence-electron chi connectivity index (χ4n) is 0.866. The van der Waals surface area contributed by atoms with Crippen molar-refractivity contribution >= 4 is 0 Å². The molecule has 0 spiro atoms. The molecule has 0 amide bonds. The first-order valence-electron chi connectivity index (χ1n) is 4.26. The smallest absolute Gasteiger partial charge is 0.103 e. The minimum atomic E-state index is 1.00. The average Bonchev–Trinajstić information content (AvgIpc) is 2.76. The lowest BCUT2D eigenvalue weighted by Gasteiger charge is -1.82. The van der Waals surface area contributed by atoms with Crippen LogP contribution in [0.25, 0.3) is 0 Å². The van der Waals surface area contributed by atoms with Crippen LogP contribution in [-0.4, -0.2) is 19.9 Å². The Morgan fingerprint density at radius 3 is 2.54 bits per heavy atom. The van der Waals surface area contributed by atoms with Crippen LogP contribution in [-0.2, 0) is 6.42 Å². The van der Waals surface area contributed by atoms with E-state index < -0.39 is 0 Å². The zero-order valence-electron chi connectivity index (χ0n) is 7.91. The maximum Gasteiger partial charge on any atom is 0.103 e. The van der Waals surface area contributed by atoms with Crippen molar-refractivity contribution in [2.24, 2.45) is 0 Å². The SMILES string of the molecule is CCc1cnc(C)[nH]1.c1c[nH]cn1. The maximum atomic E-state index is 4.03. The predicted octanol–water partition coefficient (Wildman–Crippen LogP) is 1.69. The lowest BCUT2D eigenvalue weighted by molar-refractivity contribution is 1.04. The standard InChI is InChI=1S/C6H10N2.C3H4N2/c1-3-6-4-7-5(2)8-6;1-2-5-3-4-1/h4H,3H2,1-2H3,(H,7,8);1-3H,(H,4,5). The van der Waals surface area contributed by atoms with Crippen molar-refractivity contribution in [3.63, 3.8) is 0 Å². The summed E-state index contributed by atoms with van der Waals surface area (Å²) in [4.78, 5) is 13.6. The van der Waals surface area contributed by atoms with Crippen LogP contribution < -0.4 is 0 Å². The molecule has 0 radical (unpaired) electrons. The molecule has 4 nitrogen and oxygen atoms in total. The molecule has 0 saturated carbocycles. The van der Waals surface area contributed by atoms with Gasteiger partial charge in [-0.25, -0.2) is 9.97 Å². The Bertz CT molecular complexity index is 293. The number of aromatic amines is 2. The molecule has 0 atom stereocenters. The van der Waals surface area contributed by atoms with E-state index in [1.165, 1.54) is 5.69 Å². The highest BCUT2D eigenvalue weighted by molar-refractivity contribution is 4.98. The molecular formula is C9H14N4. The van der Waals surface area contributed by atoms with Gasteiger partial charge in [0.2, 0.25) is 0 Å². The van der Waals surface area contributed by atoms with Crippen LogP contribution in [0.15, 0.2) is 24.9 Å². The van der Waals surface area contributed by atoms with E-state index in [1.54, 1.807) is 18.7 Å². The van der Waals surface area contributed by atoms with E-state index in [1.807, 2.05) is 13.1 Å². The molecule has 2 aromatic rings. The molecule has 2 aromatic heterocycles. The summed E-state index contributed by atoms with van der Waals surface area (Å²) >= 11 is 0. The minimum Gasteiger partial charge on any atom is -0.351 e. The zero-order chi connectivity index (χ0) is 9.52. The fraction of sp³-hybridized carbons (Fsp3) is 0.333. The van der Waals surface area contributed by atoms with Crippen LogP contribution in [0.1, 0.15) is 18.4 Å². The Morgan fingerprint density at radius 2 is 2.31 bits per heavy atom. The van der Waals surface area contributed by atoms with Gasteiger partial charge in [0.05, 0.1) is 6.33 Å². The van der Waals surface area contributed by atoms with Crippen LogP contribution in [0.2, 0.25) is 0 Å². The van der Waals surface area contributed by atoms with Crippen LogP contribution in [0.4, 0.5) is 0 Å². The summed E-state index contributed by atoms with van der Waals surface area (Å²) in [5.41, 5.74) is 1.21. The average molecular weight is 178 g/mol. The molecule has 70 valence electrons. The number of hydrogen-bond acceptors (Lipinski definition) is 2. The molecule has 2 N–H and O–H groups in total. The van der Waals surface area contributed by atoms with E-state index in [0.29, 0.717) is 0 Å².